The second kappa shape index (κ2) is 5.26. The lowest BCUT2D eigenvalue weighted by atomic mass is 10.00. The van der Waals surface area contributed by atoms with Crippen LogP contribution in [0.25, 0.3) is 0 Å². The Kier molecular flexibility index (Phi) is 3.90. The van der Waals surface area contributed by atoms with Crippen molar-refractivity contribution < 1.29 is 14.3 Å². The summed E-state index contributed by atoms with van der Waals surface area (Å²) in [5, 5.41) is 2.77. The molecule has 0 spiro atoms. The van der Waals surface area contributed by atoms with Gasteiger partial charge in [0.1, 0.15) is 12.1 Å². The van der Waals surface area contributed by atoms with Crippen LogP contribution in [0.5, 0.6) is 0 Å². The van der Waals surface area contributed by atoms with Crippen molar-refractivity contribution in [2.24, 2.45) is 0 Å². The highest BCUT2D eigenvalue weighted by molar-refractivity contribution is 5.96. The third-order valence-electron chi connectivity index (χ3n) is 4.02. The second-order valence-electron chi connectivity index (χ2n) is 5.18. The van der Waals surface area contributed by atoms with Gasteiger partial charge in [0, 0.05) is 6.61 Å². The standard InChI is InChI=1S/C13H22N2O3/c1-4-10-13(17)15(9(3)12(16)14-10)8(2)11-6-5-7-18-11/h8-11H,4-7H2,1-3H3,(H,14,16). The molecule has 0 saturated carbocycles. The molecular weight excluding hydrogens is 232 g/mol. The number of rotatable bonds is 3. The van der Waals surface area contributed by atoms with E-state index in [4.69, 9.17) is 4.74 Å². The number of nitrogens with zero attached hydrogens (tertiary/aromatic N) is 1. The van der Waals surface area contributed by atoms with Crippen molar-refractivity contribution in [3.05, 3.63) is 0 Å². The van der Waals surface area contributed by atoms with Gasteiger partial charge in [0.05, 0.1) is 12.1 Å². The van der Waals surface area contributed by atoms with Gasteiger partial charge in [0.25, 0.3) is 0 Å². The molecule has 0 aromatic heterocycles. The van der Waals surface area contributed by atoms with E-state index in [1.165, 1.54) is 0 Å². The van der Waals surface area contributed by atoms with Crippen molar-refractivity contribution in [1.29, 1.82) is 0 Å². The Labute approximate surface area is 108 Å². The normalized spacial score (nSPS) is 34.6. The molecule has 102 valence electrons. The van der Waals surface area contributed by atoms with E-state index in [1.807, 2.05) is 13.8 Å². The minimum absolute atomic E-state index is 0.0209. The van der Waals surface area contributed by atoms with Gasteiger partial charge in [-0.25, -0.2) is 0 Å². The largest absolute Gasteiger partial charge is 0.376 e. The van der Waals surface area contributed by atoms with Gasteiger partial charge in [-0.2, -0.15) is 0 Å². The Balaban J connectivity index is 2.16. The molecular formula is C13H22N2O3. The van der Waals surface area contributed by atoms with Gasteiger partial charge in [-0.15, -0.1) is 0 Å². The molecule has 2 heterocycles. The lowest BCUT2D eigenvalue weighted by molar-refractivity contribution is -0.154. The first-order valence-electron chi connectivity index (χ1n) is 6.80. The highest BCUT2D eigenvalue weighted by Gasteiger charge is 2.42. The first-order chi connectivity index (χ1) is 8.56. The smallest absolute Gasteiger partial charge is 0.246 e. The molecule has 18 heavy (non-hydrogen) atoms. The van der Waals surface area contributed by atoms with Gasteiger partial charge in [-0.3, -0.25) is 9.59 Å². The van der Waals surface area contributed by atoms with Gasteiger partial charge >= 0.3 is 0 Å². The maximum absolute atomic E-state index is 12.4. The zero-order valence-electron chi connectivity index (χ0n) is 11.3. The predicted molar refractivity (Wildman–Crippen MR) is 67.0 cm³/mol. The van der Waals surface area contributed by atoms with Crippen LogP contribution in [-0.4, -0.2) is 47.6 Å². The van der Waals surface area contributed by atoms with Crippen LogP contribution in [0.15, 0.2) is 0 Å². The number of ether oxygens (including phenoxy) is 1. The van der Waals surface area contributed by atoms with Crippen molar-refractivity contribution in [2.45, 2.75) is 64.3 Å². The summed E-state index contributed by atoms with van der Waals surface area (Å²) in [5.74, 6) is -0.0427. The molecule has 0 aromatic carbocycles. The number of carbonyl (C=O) groups is 2. The highest BCUT2D eigenvalue weighted by atomic mass is 16.5. The average Bonchev–Trinajstić information content (AvgIpc) is 2.87. The van der Waals surface area contributed by atoms with E-state index in [0.29, 0.717) is 6.42 Å². The average molecular weight is 254 g/mol. The maximum atomic E-state index is 12.4. The van der Waals surface area contributed by atoms with Crippen molar-refractivity contribution in [3.63, 3.8) is 0 Å². The quantitative estimate of drug-likeness (QED) is 0.805. The van der Waals surface area contributed by atoms with Crippen LogP contribution in [0.1, 0.15) is 40.0 Å². The van der Waals surface area contributed by atoms with Crippen molar-refractivity contribution >= 4 is 11.8 Å². The fourth-order valence-corrected chi connectivity index (χ4v) is 2.84. The molecule has 2 rings (SSSR count). The molecule has 2 saturated heterocycles. The van der Waals surface area contributed by atoms with Gasteiger partial charge in [-0.05, 0) is 33.1 Å². The number of nitrogens with one attached hydrogen (secondary N) is 1. The first-order valence-corrected chi connectivity index (χ1v) is 6.80. The molecule has 4 unspecified atom stereocenters. The Morgan fingerprint density at radius 3 is 2.78 bits per heavy atom. The molecule has 4 atom stereocenters. The molecule has 2 fully saturated rings. The fraction of sp³-hybridized carbons (Fsp3) is 0.846. The lowest BCUT2D eigenvalue weighted by Crippen LogP contribution is -2.65. The van der Waals surface area contributed by atoms with E-state index >= 15 is 0 Å². The van der Waals surface area contributed by atoms with E-state index in [0.717, 1.165) is 19.4 Å². The molecule has 0 radical (unpaired) electrons. The summed E-state index contributed by atoms with van der Waals surface area (Å²) in [6.45, 7) is 6.43. The summed E-state index contributed by atoms with van der Waals surface area (Å²) in [7, 11) is 0. The van der Waals surface area contributed by atoms with E-state index in [2.05, 4.69) is 5.32 Å². The summed E-state index contributed by atoms with van der Waals surface area (Å²) < 4.78 is 5.64. The van der Waals surface area contributed by atoms with Crippen LogP contribution in [0, 0.1) is 0 Å². The zero-order valence-corrected chi connectivity index (χ0v) is 11.3. The molecule has 1 N–H and O–H groups in total. The molecule has 2 aliphatic rings. The summed E-state index contributed by atoms with van der Waals surface area (Å²) in [6, 6.07) is -0.813. The number of amides is 2. The van der Waals surface area contributed by atoms with Crippen LogP contribution in [0.2, 0.25) is 0 Å². The van der Waals surface area contributed by atoms with Gasteiger partial charge in [0.15, 0.2) is 0 Å². The van der Waals surface area contributed by atoms with Crippen molar-refractivity contribution in [3.8, 4) is 0 Å². The van der Waals surface area contributed by atoms with Crippen LogP contribution in [-0.2, 0) is 14.3 Å². The second-order valence-corrected chi connectivity index (χ2v) is 5.18. The summed E-state index contributed by atoms with van der Waals surface area (Å²) >= 11 is 0. The monoisotopic (exact) mass is 254 g/mol. The third-order valence-corrected chi connectivity index (χ3v) is 4.02. The summed E-state index contributed by atoms with van der Waals surface area (Å²) in [5.41, 5.74) is 0. The molecule has 0 aliphatic carbocycles. The highest BCUT2D eigenvalue weighted by Crippen LogP contribution is 2.24. The minimum atomic E-state index is -0.403. The molecule has 0 aromatic rings. The number of carbonyl (C=O) groups excluding carboxylic acids is 2. The Bertz CT molecular complexity index is 339. The predicted octanol–water partition coefficient (Wildman–Crippen LogP) is 0.679. The van der Waals surface area contributed by atoms with Gasteiger partial charge in [0.2, 0.25) is 11.8 Å². The molecule has 2 amide bonds. The molecule has 0 bridgehead atoms. The van der Waals surface area contributed by atoms with Crippen LogP contribution >= 0.6 is 0 Å². The zero-order chi connectivity index (χ0) is 13.3. The molecule has 5 heteroatoms. The topological polar surface area (TPSA) is 58.6 Å². The summed E-state index contributed by atoms with van der Waals surface area (Å²) in [4.78, 5) is 26.0. The van der Waals surface area contributed by atoms with Crippen molar-refractivity contribution in [1.82, 2.24) is 10.2 Å². The van der Waals surface area contributed by atoms with E-state index < -0.39 is 6.04 Å². The van der Waals surface area contributed by atoms with E-state index in [1.54, 1.807) is 11.8 Å². The Morgan fingerprint density at radius 1 is 1.50 bits per heavy atom. The van der Waals surface area contributed by atoms with Crippen molar-refractivity contribution in [2.75, 3.05) is 6.61 Å². The lowest BCUT2D eigenvalue weighted by Gasteiger charge is -2.42. The first kappa shape index (κ1) is 13.3. The van der Waals surface area contributed by atoms with Crippen LogP contribution < -0.4 is 5.32 Å². The van der Waals surface area contributed by atoms with Crippen LogP contribution in [0.3, 0.4) is 0 Å². The van der Waals surface area contributed by atoms with E-state index in [-0.39, 0.29) is 30.0 Å². The van der Waals surface area contributed by atoms with E-state index in [9.17, 15) is 9.59 Å². The third kappa shape index (κ3) is 2.23. The Hall–Kier alpha value is -1.10. The number of piperazine rings is 1. The maximum Gasteiger partial charge on any atom is 0.246 e. The fourth-order valence-electron chi connectivity index (χ4n) is 2.84. The molecule has 2 aliphatic heterocycles. The van der Waals surface area contributed by atoms with Crippen LogP contribution in [0.4, 0.5) is 0 Å². The SMILES string of the molecule is CCC1NC(=O)C(C)N(C(C)C2CCCO2)C1=O. The van der Waals surface area contributed by atoms with Gasteiger partial charge < -0.3 is 15.0 Å². The number of hydrogen-bond donors (Lipinski definition) is 1. The summed E-state index contributed by atoms with van der Waals surface area (Å²) in [6.07, 6.45) is 2.71. The number of hydrogen-bond acceptors (Lipinski definition) is 3. The van der Waals surface area contributed by atoms with Gasteiger partial charge in [-0.1, -0.05) is 6.92 Å². The molecule has 5 nitrogen and oxygen atoms in total. The minimum Gasteiger partial charge on any atom is -0.376 e. The Morgan fingerprint density at radius 2 is 2.22 bits per heavy atom.